The fraction of sp³-hybridized carbons (Fsp3) is 0.571. The average molecular weight is 235 g/mol. The summed E-state index contributed by atoms with van der Waals surface area (Å²) in [5, 5.41) is 0. The van der Waals surface area contributed by atoms with Crippen LogP contribution in [0, 0.1) is 0 Å². The van der Waals surface area contributed by atoms with Crippen LogP contribution < -0.4 is 15.2 Å². The van der Waals surface area contributed by atoms with Crippen molar-refractivity contribution in [2.45, 2.75) is 38.1 Å². The van der Waals surface area contributed by atoms with E-state index in [0.29, 0.717) is 6.61 Å². The molecule has 0 aliphatic heterocycles. The van der Waals surface area contributed by atoms with E-state index in [9.17, 15) is 0 Å². The summed E-state index contributed by atoms with van der Waals surface area (Å²) in [4.78, 5) is 0. The molecule has 0 amide bonds. The lowest BCUT2D eigenvalue weighted by atomic mass is 10.3. The highest BCUT2D eigenvalue weighted by atomic mass is 16.5. The van der Waals surface area contributed by atoms with Gasteiger partial charge in [0.25, 0.3) is 0 Å². The largest absolute Gasteiger partial charge is 0.493 e. The van der Waals surface area contributed by atoms with Gasteiger partial charge < -0.3 is 15.2 Å². The van der Waals surface area contributed by atoms with E-state index < -0.39 is 0 Å². The molecule has 1 aromatic carbocycles. The molecule has 2 N–H and O–H groups in total. The van der Waals surface area contributed by atoms with Crippen molar-refractivity contribution in [3.8, 4) is 11.5 Å². The van der Waals surface area contributed by atoms with Gasteiger partial charge in [0.2, 0.25) is 0 Å². The average Bonchev–Trinajstić information content (AvgIpc) is 3.07. The summed E-state index contributed by atoms with van der Waals surface area (Å²) in [6.07, 6.45) is 4.36. The van der Waals surface area contributed by atoms with Crippen LogP contribution >= 0.6 is 0 Å². The van der Waals surface area contributed by atoms with Crippen molar-refractivity contribution in [1.82, 2.24) is 0 Å². The predicted molar refractivity (Wildman–Crippen MR) is 68.5 cm³/mol. The molecule has 1 aromatic rings. The van der Waals surface area contributed by atoms with Crippen LogP contribution in [0.25, 0.3) is 0 Å². The van der Waals surface area contributed by atoms with Gasteiger partial charge in [-0.25, -0.2) is 0 Å². The van der Waals surface area contributed by atoms with Crippen LogP contribution in [-0.2, 0) is 0 Å². The van der Waals surface area contributed by atoms with Gasteiger partial charge in [0, 0.05) is 6.07 Å². The van der Waals surface area contributed by atoms with E-state index in [-0.39, 0.29) is 5.54 Å². The molecule has 0 atom stereocenters. The quantitative estimate of drug-likeness (QED) is 0.739. The first-order valence-corrected chi connectivity index (χ1v) is 6.36. The Morgan fingerprint density at radius 1 is 1.24 bits per heavy atom. The molecular weight excluding hydrogens is 214 g/mol. The van der Waals surface area contributed by atoms with Gasteiger partial charge in [-0.3, -0.25) is 0 Å². The van der Waals surface area contributed by atoms with Crippen LogP contribution in [0.3, 0.4) is 0 Å². The highest BCUT2D eigenvalue weighted by Gasteiger charge is 2.39. The Kier molecular flexibility index (Phi) is 3.89. The number of nitrogens with two attached hydrogens (primary N) is 1. The van der Waals surface area contributed by atoms with Crippen molar-refractivity contribution in [3.05, 3.63) is 24.3 Å². The molecule has 0 heterocycles. The molecule has 17 heavy (non-hydrogen) atoms. The van der Waals surface area contributed by atoms with E-state index in [2.05, 4.69) is 6.92 Å². The van der Waals surface area contributed by atoms with E-state index in [1.165, 1.54) is 0 Å². The topological polar surface area (TPSA) is 44.5 Å². The van der Waals surface area contributed by atoms with Crippen LogP contribution in [0.15, 0.2) is 24.3 Å². The highest BCUT2D eigenvalue weighted by molar-refractivity contribution is 5.33. The summed E-state index contributed by atoms with van der Waals surface area (Å²) in [5.41, 5.74) is 5.90. The summed E-state index contributed by atoms with van der Waals surface area (Å²) in [6, 6.07) is 7.78. The molecule has 2 rings (SSSR count). The van der Waals surface area contributed by atoms with E-state index in [0.717, 1.165) is 43.8 Å². The molecule has 94 valence electrons. The van der Waals surface area contributed by atoms with Crippen molar-refractivity contribution in [3.63, 3.8) is 0 Å². The first kappa shape index (κ1) is 12.2. The van der Waals surface area contributed by atoms with Crippen LogP contribution in [0.2, 0.25) is 0 Å². The monoisotopic (exact) mass is 235 g/mol. The molecule has 0 unspecified atom stereocenters. The van der Waals surface area contributed by atoms with Crippen LogP contribution in [0.5, 0.6) is 11.5 Å². The van der Waals surface area contributed by atoms with Crippen LogP contribution in [0.4, 0.5) is 0 Å². The minimum absolute atomic E-state index is 0.0704. The molecule has 3 heteroatoms. The van der Waals surface area contributed by atoms with Gasteiger partial charge in [-0.1, -0.05) is 19.4 Å². The van der Waals surface area contributed by atoms with Crippen molar-refractivity contribution >= 4 is 0 Å². The second-order valence-corrected chi connectivity index (χ2v) is 4.83. The standard InChI is InChI=1S/C14H21NO2/c1-2-3-9-16-12-5-4-6-13(10-12)17-11-14(15)7-8-14/h4-6,10H,2-3,7-9,11,15H2,1H3. The third-order valence-electron chi connectivity index (χ3n) is 2.99. The third-order valence-corrected chi connectivity index (χ3v) is 2.99. The fourth-order valence-electron chi connectivity index (χ4n) is 1.52. The summed E-state index contributed by atoms with van der Waals surface area (Å²) < 4.78 is 11.3. The Balaban J connectivity index is 1.82. The lowest BCUT2D eigenvalue weighted by Crippen LogP contribution is -2.29. The van der Waals surface area contributed by atoms with Gasteiger partial charge in [0.15, 0.2) is 0 Å². The summed E-state index contributed by atoms with van der Waals surface area (Å²) in [6.45, 7) is 3.52. The van der Waals surface area contributed by atoms with E-state index in [4.69, 9.17) is 15.2 Å². The molecule has 1 fully saturated rings. The SMILES string of the molecule is CCCCOc1cccc(OCC2(N)CC2)c1. The van der Waals surface area contributed by atoms with Gasteiger partial charge in [-0.15, -0.1) is 0 Å². The summed E-state index contributed by atoms with van der Waals surface area (Å²) in [7, 11) is 0. The van der Waals surface area contributed by atoms with Gasteiger partial charge >= 0.3 is 0 Å². The lowest BCUT2D eigenvalue weighted by molar-refractivity contribution is 0.274. The molecule has 3 nitrogen and oxygen atoms in total. The smallest absolute Gasteiger partial charge is 0.123 e. The number of benzene rings is 1. The molecule has 0 spiro atoms. The van der Waals surface area contributed by atoms with Gasteiger partial charge in [0.05, 0.1) is 12.1 Å². The zero-order valence-electron chi connectivity index (χ0n) is 10.4. The van der Waals surface area contributed by atoms with Crippen LogP contribution in [0.1, 0.15) is 32.6 Å². The first-order chi connectivity index (χ1) is 8.22. The third kappa shape index (κ3) is 3.93. The Morgan fingerprint density at radius 3 is 2.59 bits per heavy atom. The van der Waals surface area contributed by atoms with Crippen molar-refractivity contribution in [1.29, 1.82) is 0 Å². The van der Waals surface area contributed by atoms with E-state index in [1.807, 2.05) is 24.3 Å². The van der Waals surface area contributed by atoms with Crippen molar-refractivity contribution in [2.75, 3.05) is 13.2 Å². The van der Waals surface area contributed by atoms with Crippen molar-refractivity contribution < 1.29 is 9.47 Å². The summed E-state index contributed by atoms with van der Waals surface area (Å²) in [5.74, 6) is 1.72. The zero-order valence-corrected chi connectivity index (χ0v) is 10.4. The normalized spacial score (nSPS) is 16.6. The maximum absolute atomic E-state index is 5.97. The summed E-state index contributed by atoms with van der Waals surface area (Å²) >= 11 is 0. The maximum atomic E-state index is 5.97. The second kappa shape index (κ2) is 5.41. The maximum Gasteiger partial charge on any atom is 0.123 e. The van der Waals surface area contributed by atoms with Crippen LogP contribution in [-0.4, -0.2) is 18.8 Å². The Bertz CT molecular complexity index is 361. The second-order valence-electron chi connectivity index (χ2n) is 4.83. The molecule has 0 saturated heterocycles. The molecule has 1 aliphatic rings. The Labute approximate surface area is 103 Å². The number of ether oxygens (including phenoxy) is 2. The minimum atomic E-state index is -0.0704. The van der Waals surface area contributed by atoms with Gasteiger partial charge in [-0.05, 0) is 31.4 Å². The minimum Gasteiger partial charge on any atom is -0.493 e. The Hall–Kier alpha value is -1.22. The molecule has 0 bridgehead atoms. The van der Waals surface area contributed by atoms with E-state index in [1.54, 1.807) is 0 Å². The van der Waals surface area contributed by atoms with Crippen molar-refractivity contribution in [2.24, 2.45) is 5.73 Å². The molecule has 1 saturated carbocycles. The number of hydrogen-bond donors (Lipinski definition) is 1. The first-order valence-electron chi connectivity index (χ1n) is 6.36. The number of unbranched alkanes of at least 4 members (excludes halogenated alkanes) is 1. The molecular formula is C14H21NO2. The highest BCUT2D eigenvalue weighted by Crippen LogP contribution is 2.33. The number of rotatable bonds is 7. The number of hydrogen-bond acceptors (Lipinski definition) is 3. The zero-order chi connectivity index (χ0) is 12.1. The van der Waals surface area contributed by atoms with E-state index >= 15 is 0 Å². The van der Waals surface area contributed by atoms with Gasteiger partial charge in [0.1, 0.15) is 18.1 Å². The van der Waals surface area contributed by atoms with Gasteiger partial charge in [-0.2, -0.15) is 0 Å². The Morgan fingerprint density at radius 2 is 1.94 bits per heavy atom. The molecule has 0 radical (unpaired) electrons. The molecule has 1 aliphatic carbocycles. The lowest BCUT2D eigenvalue weighted by Gasteiger charge is -2.12. The predicted octanol–water partition coefficient (Wildman–Crippen LogP) is 2.74. The molecule has 0 aromatic heterocycles. The fourth-order valence-corrected chi connectivity index (χ4v) is 1.52.